The van der Waals surface area contributed by atoms with Crippen molar-refractivity contribution in [3.8, 4) is 0 Å². The van der Waals surface area contributed by atoms with Gasteiger partial charge in [-0.1, -0.05) is 31.9 Å². The highest BCUT2D eigenvalue weighted by Crippen LogP contribution is 2.25. The molecular weight excluding hydrogens is 232 g/mol. The van der Waals surface area contributed by atoms with E-state index >= 15 is 0 Å². The second-order valence-electron chi connectivity index (χ2n) is 5.35. The van der Waals surface area contributed by atoms with E-state index in [0.29, 0.717) is 11.1 Å². The molecule has 0 spiro atoms. The summed E-state index contributed by atoms with van der Waals surface area (Å²) >= 11 is 6.28. The third-order valence-electron chi connectivity index (χ3n) is 3.37. The summed E-state index contributed by atoms with van der Waals surface area (Å²) in [4.78, 5) is 9.16. The van der Waals surface area contributed by atoms with Crippen molar-refractivity contribution in [2.75, 3.05) is 0 Å². The van der Waals surface area contributed by atoms with Gasteiger partial charge in [0.15, 0.2) is 0 Å². The minimum Gasteiger partial charge on any atom is -0.238 e. The monoisotopic (exact) mass is 252 g/mol. The fourth-order valence-corrected chi connectivity index (χ4v) is 2.60. The van der Waals surface area contributed by atoms with Crippen LogP contribution in [0.3, 0.4) is 0 Å². The van der Waals surface area contributed by atoms with E-state index in [1.165, 1.54) is 30.5 Å². The normalized spacial score (nSPS) is 15.8. The van der Waals surface area contributed by atoms with Crippen LogP contribution in [0.1, 0.15) is 56.6 Å². The molecule has 1 heterocycles. The molecule has 0 aromatic carbocycles. The fraction of sp³-hybridized carbons (Fsp3) is 0.714. The van der Waals surface area contributed by atoms with Gasteiger partial charge in [-0.25, -0.2) is 9.97 Å². The Kier molecular flexibility index (Phi) is 4.38. The van der Waals surface area contributed by atoms with Gasteiger partial charge in [0.25, 0.3) is 0 Å². The number of hydrogen-bond acceptors (Lipinski definition) is 2. The molecule has 0 unspecified atom stereocenters. The molecule has 0 fully saturated rings. The molecule has 0 aliphatic heterocycles. The van der Waals surface area contributed by atoms with Gasteiger partial charge in [0, 0.05) is 17.7 Å². The van der Waals surface area contributed by atoms with Crippen LogP contribution in [0.25, 0.3) is 0 Å². The summed E-state index contributed by atoms with van der Waals surface area (Å²) in [6.45, 7) is 4.45. The minimum absolute atomic E-state index is 0.691. The van der Waals surface area contributed by atoms with E-state index in [0.717, 1.165) is 31.5 Å². The van der Waals surface area contributed by atoms with Gasteiger partial charge in [0.1, 0.15) is 11.0 Å². The van der Waals surface area contributed by atoms with E-state index in [1.807, 2.05) is 0 Å². The summed E-state index contributed by atoms with van der Waals surface area (Å²) in [6.07, 6.45) is 7.96. The molecule has 2 rings (SSSR count). The summed E-state index contributed by atoms with van der Waals surface area (Å²) in [5, 5.41) is 0.704. The van der Waals surface area contributed by atoms with Crippen LogP contribution in [0, 0.1) is 5.92 Å². The van der Waals surface area contributed by atoms with Gasteiger partial charge in [-0.05, 0) is 38.0 Å². The molecule has 2 nitrogen and oxygen atoms in total. The molecule has 17 heavy (non-hydrogen) atoms. The first-order valence-electron chi connectivity index (χ1n) is 6.71. The molecule has 94 valence electrons. The van der Waals surface area contributed by atoms with E-state index in [9.17, 15) is 0 Å². The van der Waals surface area contributed by atoms with Gasteiger partial charge in [-0.2, -0.15) is 0 Å². The summed E-state index contributed by atoms with van der Waals surface area (Å²) in [5.74, 6) is 1.63. The van der Waals surface area contributed by atoms with Gasteiger partial charge in [0.05, 0.1) is 0 Å². The Morgan fingerprint density at radius 1 is 1.12 bits per heavy atom. The molecular formula is C14H21ClN2. The Morgan fingerprint density at radius 3 is 2.65 bits per heavy atom. The zero-order valence-corrected chi connectivity index (χ0v) is 11.6. The molecule has 0 atom stereocenters. The Morgan fingerprint density at radius 2 is 1.88 bits per heavy atom. The van der Waals surface area contributed by atoms with Crippen LogP contribution in [0.5, 0.6) is 0 Å². The molecule has 1 aromatic rings. The van der Waals surface area contributed by atoms with Crippen molar-refractivity contribution in [1.82, 2.24) is 9.97 Å². The maximum atomic E-state index is 6.28. The maximum absolute atomic E-state index is 6.28. The minimum atomic E-state index is 0.691. The maximum Gasteiger partial charge on any atom is 0.136 e. The quantitative estimate of drug-likeness (QED) is 0.601. The second kappa shape index (κ2) is 5.81. The van der Waals surface area contributed by atoms with Crippen molar-refractivity contribution in [3.63, 3.8) is 0 Å². The van der Waals surface area contributed by atoms with Gasteiger partial charge < -0.3 is 0 Å². The Balaban J connectivity index is 2.20. The number of fused-ring (bicyclic) bond motifs is 1. The fourth-order valence-electron chi connectivity index (χ4n) is 2.30. The molecule has 0 saturated heterocycles. The van der Waals surface area contributed by atoms with Gasteiger partial charge in [-0.3, -0.25) is 0 Å². The number of nitrogens with zero attached hydrogens (tertiary/aromatic N) is 2. The van der Waals surface area contributed by atoms with Crippen LogP contribution < -0.4 is 0 Å². The number of halogens is 1. The highest BCUT2D eigenvalue weighted by Gasteiger charge is 2.15. The van der Waals surface area contributed by atoms with E-state index in [4.69, 9.17) is 16.6 Å². The SMILES string of the molecule is CC(C)CCc1nc(Cl)c2c(n1)CCCCC2. The Hall–Kier alpha value is -0.630. The average molecular weight is 253 g/mol. The average Bonchev–Trinajstić information content (AvgIpc) is 2.51. The van der Waals surface area contributed by atoms with Crippen molar-refractivity contribution in [1.29, 1.82) is 0 Å². The van der Waals surface area contributed by atoms with Crippen molar-refractivity contribution < 1.29 is 0 Å². The summed E-state index contributed by atoms with van der Waals surface area (Å²) in [5.41, 5.74) is 2.42. The van der Waals surface area contributed by atoms with E-state index in [-0.39, 0.29) is 0 Å². The van der Waals surface area contributed by atoms with Crippen molar-refractivity contribution in [3.05, 3.63) is 22.2 Å². The first-order valence-corrected chi connectivity index (χ1v) is 7.08. The highest BCUT2D eigenvalue weighted by atomic mass is 35.5. The van der Waals surface area contributed by atoms with Crippen molar-refractivity contribution in [2.24, 2.45) is 5.92 Å². The molecule has 0 amide bonds. The lowest BCUT2D eigenvalue weighted by molar-refractivity contribution is 0.572. The smallest absolute Gasteiger partial charge is 0.136 e. The van der Waals surface area contributed by atoms with Crippen LogP contribution in [0.15, 0.2) is 0 Å². The van der Waals surface area contributed by atoms with Crippen molar-refractivity contribution in [2.45, 2.75) is 58.8 Å². The van der Waals surface area contributed by atoms with Gasteiger partial charge in [0.2, 0.25) is 0 Å². The number of aromatic nitrogens is 2. The molecule has 1 aliphatic carbocycles. The molecule has 1 aromatic heterocycles. The molecule has 0 radical (unpaired) electrons. The predicted molar refractivity (Wildman–Crippen MR) is 71.5 cm³/mol. The number of hydrogen-bond donors (Lipinski definition) is 0. The molecule has 1 aliphatic rings. The van der Waals surface area contributed by atoms with E-state index in [2.05, 4.69) is 18.8 Å². The number of aryl methyl sites for hydroxylation is 2. The lowest BCUT2D eigenvalue weighted by atomic mass is 10.1. The third-order valence-corrected chi connectivity index (χ3v) is 3.69. The first-order chi connectivity index (χ1) is 8.16. The zero-order chi connectivity index (χ0) is 12.3. The summed E-state index contributed by atoms with van der Waals surface area (Å²) < 4.78 is 0. The first kappa shape index (κ1) is 12.8. The lowest BCUT2D eigenvalue weighted by Gasteiger charge is -2.10. The van der Waals surface area contributed by atoms with E-state index in [1.54, 1.807) is 0 Å². The van der Waals surface area contributed by atoms with Gasteiger partial charge >= 0.3 is 0 Å². The third kappa shape index (κ3) is 3.41. The van der Waals surface area contributed by atoms with Crippen LogP contribution in [-0.2, 0) is 19.3 Å². The predicted octanol–water partition coefficient (Wildman–Crippen LogP) is 3.99. The summed E-state index contributed by atoms with van der Waals surface area (Å²) in [7, 11) is 0. The highest BCUT2D eigenvalue weighted by molar-refractivity contribution is 6.30. The van der Waals surface area contributed by atoms with Crippen LogP contribution in [0.4, 0.5) is 0 Å². The Bertz CT molecular complexity index is 388. The molecule has 3 heteroatoms. The summed E-state index contributed by atoms with van der Waals surface area (Å²) in [6, 6.07) is 0. The number of rotatable bonds is 3. The molecule has 0 saturated carbocycles. The van der Waals surface area contributed by atoms with Crippen LogP contribution in [0.2, 0.25) is 5.15 Å². The molecule has 0 bridgehead atoms. The largest absolute Gasteiger partial charge is 0.238 e. The zero-order valence-electron chi connectivity index (χ0n) is 10.8. The Labute approximate surface area is 109 Å². The molecule has 0 N–H and O–H groups in total. The second-order valence-corrected chi connectivity index (χ2v) is 5.71. The van der Waals surface area contributed by atoms with E-state index < -0.39 is 0 Å². The van der Waals surface area contributed by atoms with Crippen molar-refractivity contribution >= 4 is 11.6 Å². The van der Waals surface area contributed by atoms with Crippen LogP contribution >= 0.6 is 11.6 Å². The standard InChI is InChI=1S/C14H21ClN2/c1-10(2)8-9-13-16-12-7-5-3-4-6-11(12)14(15)17-13/h10H,3-9H2,1-2H3. The van der Waals surface area contributed by atoms with Gasteiger partial charge in [-0.15, -0.1) is 0 Å². The lowest BCUT2D eigenvalue weighted by Crippen LogP contribution is -2.06. The van der Waals surface area contributed by atoms with Crippen LogP contribution in [-0.4, -0.2) is 9.97 Å². The topological polar surface area (TPSA) is 25.8 Å².